The largest absolute Gasteiger partial charge is 0.340 e. The van der Waals surface area contributed by atoms with Gasteiger partial charge in [0.2, 0.25) is 0 Å². The molecule has 2 rings (SSSR count). The van der Waals surface area contributed by atoms with Gasteiger partial charge in [0.15, 0.2) is 0 Å². The second kappa shape index (κ2) is 5.64. The molecule has 0 aliphatic heterocycles. The van der Waals surface area contributed by atoms with Crippen LogP contribution in [-0.2, 0) is 6.42 Å². The summed E-state index contributed by atoms with van der Waals surface area (Å²) in [6.45, 7) is 2.09. The molecule has 0 aliphatic rings. The van der Waals surface area contributed by atoms with Gasteiger partial charge in [-0.1, -0.05) is 36.7 Å². The number of rotatable bonds is 4. The fourth-order valence-corrected chi connectivity index (χ4v) is 1.73. The highest BCUT2D eigenvalue weighted by atomic mass is 35.5. The lowest BCUT2D eigenvalue weighted by atomic mass is 10.3. The quantitative estimate of drug-likeness (QED) is 0.835. The summed E-state index contributed by atoms with van der Waals surface area (Å²) in [6.07, 6.45) is 1.84. The van der Waals surface area contributed by atoms with Crippen molar-refractivity contribution in [3.05, 3.63) is 47.4 Å². The number of benzene rings is 1. The van der Waals surface area contributed by atoms with Crippen molar-refractivity contribution >= 4 is 23.1 Å². The Morgan fingerprint density at radius 1 is 1.18 bits per heavy atom. The van der Waals surface area contributed by atoms with Crippen LogP contribution in [0.25, 0.3) is 0 Å². The van der Waals surface area contributed by atoms with Crippen molar-refractivity contribution in [2.24, 2.45) is 0 Å². The van der Waals surface area contributed by atoms with Crippen molar-refractivity contribution in [2.45, 2.75) is 19.8 Å². The summed E-state index contributed by atoms with van der Waals surface area (Å²) in [6, 6.07) is 11.6. The molecule has 1 N–H and O–H groups in total. The van der Waals surface area contributed by atoms with Crippen LogP contribution in [0.15, 0.2) is 36.4 Å². The van der Waals surface area contributed by atoms with Crippen molar-refractivity contribution in [1.82, 2.24) is 9.97 Å². The van der Waals surface area contributed by atoms with E-state index in [1.165, 1.54) is 0 Å². The summed E-state index contributed by atoms with van der Waals surface area (Å²) < 4.78 is 0. The molecule has 0 unspecified atom stereocenters. The van der Waals surface area contributed by atoms with E-state index < -0.39 is 0 Å². The lowest BCUT2D eigenvalue weighted by Gasteiger charge is -2.07. The summed E-state index contributed by atoms with van der Waals surface area (Å²) in [7, 11) is 0. The Hall–Kier alpha value is -1.61. The predicted octanol–water partition coefficient (Wildman–Crippen LogP) is 3.83. The minimum Gasteiger partial charge on any atom is -0.340 e. The zero-order chi connectivity index (χ0) is 12.1. The molecule has 0 bridgehead atoms. The number of anilines is 2. The molecule has 0 radical (unpaired) electrons. The van der Waals surface area contributed by atoms with Gasteiger partial charge in [-0.05, 0) is 18.6 Å². The molecule has 88 valence electrons. The molecular weight excluding hydrogens is 234 g/mol. The van der Waals surface area contributed by atoms with Crippen molar-refractivity contribution in [1.29, 1.82) is 0 Å². The molecule has 0 saturated carbocycles. The third-order valence-corrected chi connectivity index (χ3v) is 2.45. The third-order valence-electron chi connectivity index (χ3n) is 2.26. The highest BCUT2D eigenvalue weighted by Crippen LogP contribution is 2.17. The molecule has 4 heteroatoms. The Balaban J connectivity index is 2.21. The van der Waals surface area contributed by atoms with Gasteiger partial charge in [0, 0.05) is 18.2 Å². The predicted molar refractivity (Wildman–Crippen MR) is 70.8 cm³/mol. The molecular formula is C13H14ClN3. The molecule has 0 atom stereocenters. The Kier molecular flexibility index (Phi) is 3.94. The molecule has 1 aromatic heterocycles. The normalized spacial score (nSPS) is 10.2. The fraction of sp³-hybridized carbons (Fsp3) is 0.231. The van der Waals surface area contributed by atoms with E-state index in [0.29, 0.717) is 5.15 Å². The van der Waals surface area contributed by atoms with Crippen LogP contribution in [0.2, 0.25) is 5.15 Å². The van der Waals surface area contributed by atoms with Crippen LogP contribution in [0.5, 0.6) is 0 Å². The van der Waals surface area contributed by atoms with E-state index in [9.17, 15) is 0 Å². The van der Waals surface area contributed by atoms with Crippen LogP contribution in [-0.4, -0.2) is 9.97 Å². The van der Waals surface area contributed by atoms with Crippen molar-refractivity contribution in [3.63, 3.8) is 0 Å². The summed E-state index contributed by atoms with van der Waals surface area (Å²) in [4.78, 5) is 8.59. The van der Waals surface area contributed by atoms with Gasteiger partial charge < -0.3 is 5.32 Å². The lowest BCUT2D eigenvalue weighted by molar-refractivity contribution is 0.837. The Morgan fingerprint density at radius 3 is 2.65 bits per heavy atom. The number of halogens is 1. The molecule has 0 amide bonds. The first kappa shape index (κ1) is 11.9. The average Bonchev–Trinajstić information content (AvgIpc) is 2.30. The minimum absolute atomic E-state index is 0.474. The smallest absolute Gasteiger partial charge is 0.135 e. The van der Waals surface area contributed by atoms with E-state index in [4.69, 9.17) is 11.6 Å². The molecule has 3 nitrogen and oxygen atoms in total. The summed E-state index contributed by atoms with van der Waals surface area (Å²) in [5, 5.41) is 3.68. The zero-order valence-corrected chi connectivity index (χ0v) is 10.4. The lowest BCUT2D eigenvalue weighted by Crippen LogP contribution is -2.00. The maximum Gasteiger partial charge on any atom is 0.135 e. The molecule has 1 aromatic carbocycles. The summed E-state index contributed by atoms with van der Waals surface area (Å²) in [5.74, 6) is 1.51. The molecule has 0 saturated heterocycles. The second-order valence-corrected chi connectivity index (χ2v) is 4.12. The molecule has 2 aromatic rings. The van der Waals surface area contributed by atoms with Gasteiger partial charge in [-0.2, -0.15) is 0 Å². The van der Waals surface area contributed by atoms with Crippen molar-refractivity contribution in [2.75, 3.05) is 5.32 Å². The van der Waals surface area contributed by atoms with Crippen LogP contribution in [0, 0.1) is 0 Å². The van der Waals surface area contributed by atoms with Crippen LogP contribution in [0.4, 0.5) is 11.5 Å². The highest BCUT2D eigenvalue weighted by Gasteiger charge is 2.02. The first-order valence-electron chi connectivity index (χ1n) is 5.63. The van der Waals surface area contributed by atoms with Gasteiger partial charge >= 0.3 is 0 Å². The van der Waals surface area contributed by atoms with Gasteiger partial charge in [0.05, 0.1) is 0 Å². The van der Waals surface area contributed by atoms with E-state index >= 15 is 0 Å². The fourth-order valence-electron chi connectivity index (χ4n) is 1.53. The number of aromatic nitrogens is 2. The Labute approximate surface area is 106 Å². The van der Waals surface area contributed by atoms with E-state index in [1.807, 2.05) is 30.3 Å². The SMILES string of the molecule is CCCc1nc(Cl)cc(Nc2ccccc2)n1. The van der Waals surface area contributed by atoms with Crippen LogP contribution >= 0.6 is 11.6 Å². The standard InChI is InChI=1S/C13H14ClN3/c1-2-6-12-16-11(14)9-13(17-12)15-10-7-4-3-5-8-10/h3-5,7-9H,2,6H2,1H3,(H,15,16,17). The Morgan fingerprint density at radius 2 is 1.94 bits per heavy atom. The van der Waals surface area contributed by atoms with E-state index in [0.717, 1.165) is 30.2 Å². The highest BCUT2D eigenvalue weighted by molar-refractivity contribution is 6.29. The number of hydrogen-bond acceptors (Lipinski definition) is 3. The third kappa shape index (κ3) is 3.43. The molecule has 0 aliphatic carbocycles. The van der Waals surface area contributed by atoms with Crippen LogP contribution in [0.1, 0.15) is 19.2 Å². The molecule has 17 heavy (non-hydrogen) atoms. The topological polar surface area (TPSA) is 37.8 Å². The molecule has 0 spiro atoms. The summed E-state index contributed by atoms with van der Waals surface area (Å²) >= 11 is 5.96. The van der Waals surface area contributed by atoms with Gasteiger partial charge in [0.1, 0.15) is 16.8 Å². The number of para-hydroxylation sites is 1. The summed E-state index contributed by atoms with van der Waals surface area (Å²) in [5.41, 5.74) is 0.990. The second-order valence-electron chi connectivity index (χ2n) is 3.73. The number of hydrogen-bond donors (Lipinski definition) is 1. The zero-order valence-electron chi connectivity index (χ0n) is 9.65. The first-order chi connectivity index (χ1) is 8.28. The molecule has 1 heterocycles. The average molecular weight is 248 g/mol. The minimum atomic E-state index is 0.474. The van der Waals surface area contributed by atoms with Gasteiger partial charge in [-0.3, -0.25) is 0 Å². The van der Waals surface area contributed by atoms with Crippen LogP contribution < -0.4 is 5.32 Å². The van der Waals surface area contributed by atoms with Crippen molar-refractivity contribution in [3.8, 4) is 0 Å². The van der Waals surface area contributed by atoms with E-state index in [1.54, 1.807) is 6.07 Å². The van der Waals surface area contributed by atoms with E-state index in [2.05, 4.69) is 22.2 Å². The number of aryl methyl sites for hydroxylation is 1. The first-order valence-corrected chi connectivity index (χ1v) is 6.01. The van der Waals surface area contributed by atoms with Crippen LogP contribution in [0.3, 0.4) is 0 Å². The number of nitrogens with one attached hydrogen (secondary N) is 1. The monoisotopic (exact) mass is 247 g/mol. The molecule has 0 fully saturated rings. The van der Waals surface area contributed by atoms with Crippen molar-refractivity contribution < 1.29 is 0 Å². The maximum absolute atomic E-state index is 5.96. The van der Waals surface area contributed by atoms with Gasteiger partial charge in [-0.25, -0.2) is 9.97 Å². The van der Waals surface area contributed by atoms with Gasteiger partial charge in [-0.15, -0.1) is 0 Å². The van der Waals surface area contributed by atoms with Gasteiger partial charge in [0.25, 0.3) is 0 Å². The maximum atomic E-state index is 5.96. The Bertz CT molecular complexity index is 485. The van der Waals surface area contributed by atoms with E-state index in [-0.39, 0.29) is 0 Å². The number of nitrogens with zero attached hydrogens (tertiary/aromatic N) is 2.